The van der Waals surface area contributed by atoms with E-state index in [1.165, 1.54) is 4.88 Å². The van der Waals surface area contributed by atoms with Crippen LogP contribution in [0.2, 0.25) is 5.02 Å². The predicted octanol–water partition coefficient (Wildman–Crippen LogP) is 4.72. The van der Waals surface area contributed by atoms with E-state index in [4.69, 9.17) is 16.6 Å². The average molecular weight is 521 g/mol. The SMILES string of the molecule is Cc1sc2c(c1C)C(c1ccc(Cl)cc1)=NC(CC(=O)NNCc1ccc(O)cc1)c1nnc(C)n1-2. The minimum absolute atomic E-state index is 0.0881. The number of rotatable bonds is 6. The van der Waals surface area contributed by atoms with Crippen molar-refractivity contribution in [3.05, 3.63) is 92.3 Å². The highest BCUT2D eigenvalue weighted by Crippen LogP contribution is 2.39. The number of halogens is 1. The van der Waals surface area contributed by atoms with Gasteiger partial charge in [0.05, 0.1) is 12.1 Å². The molecule has 0 saturated carbocycles. The van der Waals surface area contributed by atoms with Crippen molar-refractivity contribution in [2.45, 2.75) is 39.8 Å². The van der Waals surface area contributed by atoms with Crippen molar-refractivity contribution in [2.75, 3.05) is 0 Å². The van der Waals surface area contributed by atoms with E-state index < -0.39 is 6.04 Å². The van der Waals surface area contributed by atoms with Crippen LogP contribution in [0.1, 0.15) is 51.2 Å². The van der Waals surface area contributed by atoms with E-state index in [2.05, 4.69) is 34.9 Å². The van der Waals surface area contributed by atoms with Gasteiger partial charge in [-0.2, -0.15) is 0 Å². The quantitative estimate of drug-likeness (QED) is 0.319. The van der Waals surface area contributed by atoms with Gasteiger partial charge in [-0.25, -0.2) is 5.43 Å². The lowest BCUT2D eigenvalue weighted by atomic mass is 9.99. The largest absolute Gasteiger partial charge is 0.508 e. The fourth-order valence-corrected chi connectivity index (χ4v) is 5.56. The zero-order valence-electron chi connectivity index (χ0n) is 20.0. The van der Waals surface area contributed by atoms with Gasteiger partial charge >= 0.3 is 0 Å². The first-order chi connectivity index (χ1) is 17.3. The normalized spacial score (nSPS) is 14.6. The van der Waals surface area contributed by atoms with E-state index in [-0.39, 0.29) is 18.1 Å². The molecule has 0 radical (unpaired) electrons. The van der Waals surface area contributed by atoms with Crippen LogP contribution in [0.25, 0.3) is 5.00 Å². The molecule has 4 aromatic rings. The number of carbonyl (C=O) groups is 1. The molecule has 36 heavy (non-hydrogen) atoms. The molecular formula is C26H25ClN6O2S. The molecule has 1 unspecified atom stereocenters. The molecule has 1 aliphatic heterocycles. The van der Waals surface area contributed by atoms with E-state index >= 15 is 0 Å². The number of phenols is 1. The first-order valence-corrected chi connectivity index (χ1v) is 12.7. The second-order valence-corrected chi connectivity index (χ2v) is 10.3. The van der Waals surface area contributed by atoms with Crippen molar-refractivity contribution in [1.82, 2.24) is 25.6 Å². The molecule has 0 fully saturated rings. The van der Waals surface area contributed by atoms with Crippen LogP contribution in [-0.2, 0) is 11.3 Å². The number of hydrazine groups is 1. The van der Waals surface area contributed by atoms with E-state index in [0.29, 0.717) is 17.4 Å². The Morgan fingerprint density at radius 2 is 1.81 bits per heavy atom. The third kappa shape index (κ3) is 4.65. The van der Waals surface area contributed by atoms with Crippen molar-refractivity contribution in [3.63, 3.8) is 0 Å². The summed E-state index contributed by atoms with van der Waals surface area (Å²) in [7, 11) is 0. The number of hydrogen-bond acceptors (Lipinski definition) is 7. The van der Waals surface area contributed by atoms with Crippen LogP contribution in [0, 0.1) is 20.8 Å². The summed E-state index contributed by atoms with van der Waals surface area (Å²) in [6, 6.07) is 13.8. The first-order valence-electron chi connectivity index (χ1n) is 11.5. The maximum atomic E-state index is 12.9. The lowest BCUT2D eigenvalue weighted by Gasteiger charge is -2.13. The molecule has 2 aromatic heterocycles. The fraction of sp³-hybridized carbons (Fsp3) is 0.231. The Balaban J connectivity index is 1.47. The molecule has 1 aliphatic rings. The molecule has 5 rings (SSSR count). The van der Waals surface area contributed by atoms with Crippen LogP contribution < -0.4 is 10.9 Å². The summed E-state index contributed by atoms with van der Waals surface area (Å²) >= 11 is 7.83. The van der Waals surface area contributed by atoms with E-state index in [9.17, 15) is 9.90 Å². The summed E-state index contributed by atoms with van der Waals surface area (Å²) in [6.07, 6.45) is 0.0881. The summed E-state index contributed by atoms with van der Waals surface area (Å²) in [5.41, 5.74) is 10.5. The van der Waals surface area contributed by atoms with Gasteiger partial charge in [-0.1, -0.05) is 35.9 Å². The summed E-state index contributed by atoms with van der Waals surface area (Å²) in [5, 5.41) is 19.8. The number of aromatic nitrogens is 3. The maximum Gasteiger partial charge on any atom is 0.236 e. The van der Waals surface area contributed by atoms with Gasteiger partial charge in [0, 0.05) is 27.6 Å². The van der Waals surface area contributed by atoms with Gasteiger partial charge in [0.25, 0.3) is 0 Å². The Morgan fingerprint density at radius 1 is 1.08 bits per heavy atom. The van der Waals surface area contributed by atoms with Crippen LogP contribution in [0.5, 0.6) is 5.75 Å². The highest BCUT2D eigenvalue weighted by molar-refractivity contribution is 7.15. The molecule has 3 N–H and O–H groups in total. The summed E-state index contributed by atoms with van der Waals surface area (Å²) in [6.45, 7) is 6.52. The Labute approximate surface area is 217 Å². The van der Waals surface area contributed by atoms with Crippen LogP contribution >= 0.6 is 22.9 Å². The standard InChI is InChI=1S/C26H25ClN6O2S/c1-14-15(2)36-26-23(14)24(18-6-8-19(27)9-7-18)29-21(25-32-30-16(3)33(25)26)12-22(35)31-28-13-17-4-10-20(34)11-5-17/h4-11,21,28,34H,12-13H2,1-3H3,(H,31,35). The van der Waals surface area contributed by atoms with Gasteiger partial charge < -0.3 is 5.11 Å². The Hall–Kier alpha value is -3.53. The van der Waals surface area contributed by atoms with E-state index in [0.717, 1.165) is 38.8 Å². The van der Waals surface area contributed by atoms with Crippen molar-refractivity contribution < 1.29 is 9.90 Å². The minimum atomic E-state index is -0.536. The first kappa shape index (κ1) is 24.2. The number of nitrogens with zero attached hydrogens (tertiary/aromatic N) is 4. The van der Waals surface area contributed by atoms with Crippen molar-refractivity contribution in [2.24, 2.45) is 4.99 Å². The lowest BCUT2D eigenvalue weighted by Crippen LogP contribution is -2.37. The second kappa shape index (κ2) is 9.85. The monoisotopic (exact) mass is 520 g/mol. The number of aliphatic imine (C=N–C) groups is 1. The van der Waals surface area contributed by atoms with E-state index in [1.807, 2.05) is 35.8 Å². The molecule has 0 spiro atoms. The number of thiophene rings is 1. The fourth-order valence-electron chi connectivity index (χ4n) is 4.22. The molecule has 10 heteroatoms. The van der Waals surface area contributed by atoms with Gasteiger partial charge in [-0.05, 0) is 56.2 Å². The second-order valence-electron chi connectivity index (χ2n) is 8.68. The molecule has 0 aliphatic carbocycles. The van der Waals surface area contributed by atoms with Crippen molar-refractivity contribution >= 4 is 34.6 Å². The molecule has 184 valence electrons. The Bertz CT molecular complexity index is 1460. The van der Waals surface area contributed by atoms with Crippen molar-refractivity contribution in [1.29, 1.82) is 0 Å². The number of aromatic hydroxyl groups is 1. The van der Waals surface area contributed by atoms with Crippen molar-refractivity contribution in [3.8, 4) is 10.8 Å². The molecule has 1 amide bonds. The van der Waals surface area contributed by atoms with E-state index in [1.54, 1.807) is 35.6 Å². The summed E-state index contributed by atoms with van der Waals surface area (Å²) in [5.74, 6) is 1.36. The van der Waals surface area contributed by atoms with Crippen LogP contribution in [0.3, 0.4) is 0 Å². The highest BCUT2D eigenvalue weighted by atomic mass is 35.5. The van der Waals surface area contributed by atoms with Gasteiger partial charge in [-0.3, -0.25) is 19.8 Å². The number of phenolic OH excluding ortho intramolecular Hbond substituents is 1. The van der Waals surface area contributed by atoms with Gasteiger partial charge in [-0.15, -0.1) is 21.5 Å². The summed E-state index contributed by atoms with van der Waals surface area (Å²) in [4.78, 5) is 19.2. The van der Waals surface area contributed by atoms with Crippen LogP contribution in [0.15, 0.2) is 53.5 Å². The lowest BCUT2D eigenvalue weighted by molar-refractivity contribution is -0.122. The van der Waals surface area contributed by atoms with Crippen LogP contribution in [-0.4, -0.2) is 31.5 Å². The molecule has 0 saturated heterocycles. The zero-order chi connectivity index (χ0) is 25.4. The number of amides is 1. The number of aryl methyl sites for hydroxylation is 2. The number of nitrogens with one attached hydrogen (secondary N) is 2. The minimum Gasteiger partial charge on any atom is -0.508 e. The van der Waals surface area contributed by atoms with Gasteiger partial charge in [0.15, 0.2) is 5.82 Å². The molecule has 8 nitrogen and oxygen atoms in total. The molecule has 2 aromatic carbocycles. The Kier molecular flexibility index (Phi) is 6.61. The molecule has 0 bridgehead atoms. The third-order valence-electron chi connectivity index (χ3n) is 6.19. The predicted molar refractivity (Wildman–Crippen MR) is 141 cm³/mol. The maximum absolute atomic E-state index is 12.9. The van der Waals surface area contributed by atoms with Gasteiger partial charge in [0.1, 0.15) is 22.6 Å². The summed E-state index contributed by atoms with van der Waals surface area (Å²) < 4.78 is 2.02. The number of fused-ring (bicyclic) bond motifs is 3. The molecule has 1 atom stereocenters. The third-order valence-corrected chi connectivity index (χ3v) is 7.64. The number of benzene rings is 2. The molecular weight excluding hydrogens is 496 g/mol. The number of hydrogen-bond donors (Lipinski definition) is 3. The van der Waals surface area contributed by atoms with Crippen LogP contribution in [0.4, 0.5) is 0 Å². The number of carbonyl (C=O) groups excluding carboxylic acids is 1. The average Bonchev–Trinajstić information content (AvgIpc) is 3.33. The highest BCUT2D eigenvalue weighted by Gasteiger charge is 2.32. The zero-order valence-corrected chi connectivity index (χ0v) is 21.6. The smallest absolute Gasteiger partial charge is 0.236 e. The molecule has 3 heterocycles. The Morgan fingerprint density at radius 3 is 2.53 bits per heavy atom. The topological polar surface area (TPSA) is 104 Å². The van der Waals surface area contributed by atoms with Gasteiger partial charge in [0.2, 0.25) is 5.91 Å².